The number of anilines is 3. The van der Waals surface area contributed by atoms with E-state index in [1.165, 1.54) is 55.3 Å². The summed E-state index contributed by atoms with van der Waals surface area (Å²) in [4.78, 5) is 2.39. The van der Waals surface area contributed by atoms with Crippen molar-refractivity contribution in [3.63, 3.8) is 0 Å². The summed E-state index contributed by atoms with van der Waals surface area (Å²) in [5.74, 6) is 0. The van der Waals surface area contributed by atoms with Crippen molar-refractivity contribution in [2.24, 2.45) is 0 Å². The van der Waals surface area contributed by atoms with Crippen LogP contribution >= 0.6 is 15.9 Å². The molecule has 8 rings (SSSR count). The van der Waals surface area contributed by atoms with E-state index in [1.54, 1.807) is 0 Å². The van der Waals surface area contributed by atoms with Crippen LogP contribution in [0.4, 0.5) is 17.1 Å². The van der Waals surface area contributed by atoms with Crippen molar-refractivity contribution in [3.05, 3.63) is 173 Å². The molecule has 0 fully saturated rings. The first-order valence-corrected chi connectivity index (χ1v) is 16.3. The molecule has 7 aromatic rings. The van der Waals surface area contributed by atoms with Crippen LogP contribution in [-0.2, 0) is 5.41 Å². The highest BCUT2D eigenvalue weighted by molar-refractivity contribution is 9.10. The number of nitrogens with zero attached hydrogens (tertiary/aromatic N) is 1. The monoisotopic (exact) mass is 641 g/mol. The van der Waals surface area contributed by atoms with Crippen LogP contribution in [0, 0.1) is 0 Å². The molecule has 0 spiro atoms. The predicted molar refractivity (Wildman–Crippen MR) is 195 cm³/mol. The maximum Gasteiger partial charge on any atom is 0.0465 e. The molecule has 0 aliphatic heterocycles. The molecule has 0 radical (unpaired) electrons. The van der Waals surface area contributed by atoms with E-state index in [0.29, 0.717) is 0 Å². The summed E-state index contributed by atoms with van der Waals surface area (Å²) in [6.45, 7) is 4.69. The number of hydrogen-bond acceptors (Lipinski definition) is 1. The third-order valence-electron chi connectivity index (χ3n) is 9.36. The molecule has 2 heteroatoms. The molecule has 0 N–H and O–H groups in total. The van der Waals surface area contributed by atoms with E-state index in [-0.39, 0.29) is 5.41 Å². The van der Waals surface area contributed by atoms with E-state index < -0.39 is 0 Å². The Morgan fingerprint density at radius 2 is 0.978 bits per heavy atom. The highest BCUT2D eigenvalue weighted by Gasteiger charge is 2.35. The minimum atomic E-state index is -0.0722. The van der Waals surface area contributed by atoms with E-state index in [2.05, 4.69) is 192 Å². The van der Waals surface area contributed by atoms with Crippen LogP contribution in [0.3, 0.4) is 0 Å². The van der Waals surface area contributed by atoms with Gasteiger partial charge < -0.3 is 4.90 Å². The molecular formula is C43H32BrN. The van der Waals surface area contributed by atoms with Crippen LogP contribution in [0.25, 0.3) is 44.2 Å². The molecule has 1 nitrogen and oxygen atoms in total. The van der Waals surface area contributed by atoms with Crippen molar-refractivity contribution in [1.29, 1.82) is 0 Å². The second-order valence-electron chi connectivity index (χ2n) is 12.3. The second-order valence-corrected chi connectivity index (χ2v) is 13.2. The first-order valence-electron chi connectivity index (χ1n) is 15.5. The summed E-state index contributed by atoms with van der Waals surface area (Å²) < 4.78 is 1.12. The molecule has 0 saturated heterocycles. The van der Waals surface area contributed by atoms with Crippen LogP contribution in [-0.4, -0.2) is 0 Å². The minimum absolute atomic E-state index is 0.0722. The van der Waals surface area contributed by atoms with Crippen molar-refractivity contribution in [2.75, 3.05) is 4.90 Å². The van der Waals surface area contributed by atoms with Gasteiger partial charge in [0.05, 0.1) is 0 Å². The normalized spacial score (nSPS) is 13.0. The first kappa shape index (κ1) is 27.6. The molecule has 0 amide bonds. The maximum atomic E-state index is 3.74. The molecule has 0 atom stereocenters. The lowest BCUT2D eigenvalue weighted by atomic mass is 9.82. The maximum absolute atomic E-state index is 3.74. The number of fused-ring (bicyclic) bond motifs is 4. The van der Waals surface area contributed by atoms with Gasteiger partial charge in [0.25, 0.3) is 0 Å². The Balaban J connectivity index is 1.25. The third-order valence-corrected chi connectivity index (χ3v) is 10.1. The fourth-order valence-corrected chi connectivity index (χ4v) is 7.52. The molecule has 1 aliphatic rings. The molecule has 0 unspecified atom stereocenters. The number of benzene rings is 7. The lowest BCUT2D eigenvalue weighted by Crippen LogP contribution is -2.16. The summed E-state index contributed by atoms with van der Waals surface area (Å²) >= 11 is 3.74. The standard InChI is InChI=1S/C43H32BrN/c1-43(2)40-16-7-6-12-37(40)38-27-26-34(28-41(38)43)45(32-22-18-30(19-23-32)29-10-4-3-5-11-29)33-24-20-31(21-25-33)35-13-8-15-39-36(35)14-9-17-42(39)44/h3-28H,1-2H3. The van der Waals surface area contributed by atoms with Crippen molar-refractivity contribution in [2.45, 2.75) is 19.3 Å². The first-order chi connectivity index (χ1) is 22.0. The molecule has 45 heavy (non-hydrogen) atoms. The molecule has 0 saturated carbocycles. The Morgan fingerprint density at radius 1 is 0.422 bits per heavy atom. The van der Waals surface area contributed by atoms with Gasteiger partial charge >= 0.3 is 0 Å². The topological polar surface area (TPSA) is 3.24 Å². The Hall–Kier alpha value is -4.92. The average molecular weight is 643 g/mol. The van der Waals surface area contributed by atoms with E-state index >= 15 is 0 Å². The quantitative estimate of drug-likeness (QED) is 0.181. The highest BCUT2D eigenvalue weighted by atomic mass is 79.9. The average Bonchev–Trinajstić information content (AvgIpc) is 3.32. The number of rotatable bonds is 5. The summed E-state index contributed by atoms with van der Waals surface area (Å²) in [5, 5.41) is 2.47. The van der Waals surface area contributed by atoms with Gasteiger partial charge in [-0.1, -0.05) is 145 Å². The zero-order valence-electron chi connectivity index (χ0n) is 25.3. The van der Waals surface area contributed by atoms with Crippen molar-refractivity contribution in [3.8, 4) is 33.4 Å². The summed E-state index contributed by atoms with van der Waals surface area (Å²) in [7, 11) is 0. The zero-order chi connectivity index (χ0) is 30.5. The minimum Gasteiger partial charge on any atom is -0.310 e. The fourth-order valence-electron chi connectivity index (χ4n) is 7.03. The molecule has 0 aromatic heterocycles. The van der Waals surface area contributed by atoms with Crippen molar-refractivity contribution >= 4 is 43.8 Å². The van der Waals surface area contributed by atoms with Gasteiger partial charge in [-0.3, -0.25) is 0 Å². The highest BCUT2D eigenvalue weighted by Crippen LogP contribution is 2.50. The van der Waals surface area contributed by atoms with E-state index in [1.807, 2.05) is 0 Å². The predicted octanol–water partition coefficient (Wildman–Crippen LogP) is 12.7. The van der Waals surface area contributed by atoms with Crippen molar-refractivity contribution < 1.29 is 0 Å². The Kier molecular flexibility index (Phi) is 6.69. The van der Waals surface area contributed by atoms with Crippen LogP contribution in [0.5, 0.6) is 0 Å². The lowest BCUT2D eigenvalue weighted by Gasteiger charge is -2.28. The van der Waals surface area contributed by atoms with Gasteiger partial charge in [-0.05, 0) is 97.7 Å². The van der Waals surface area contributed by atoms with Crippen LogP contribution in [0.1, 0.15) is 25.0 Å². The number of hydrogen-bond donors (Lipinski definition) is 0. The van der Waals surface area contributed by atoms with Gasteiger partial charge in [0.2, 0.25) is 0 Å². The fraction of sp³-hybridized carbons (Fsp3) is 0.0698. The zero-order valence-corrected chi connectivity index (χ0v) is 26.9. The van der Waals surface area contributed by atoms with E-state index in [0.717, 1.165) is 21.5 Å². The van der Waals surface area contributed by atoms with Gasteiger partial charge in [-0.15, -0.1) is 0 Å². The van der Waals surface area contributed by atoms with Crippen LogP contribution in [0.15, 0.2) is 162 Å². The largest absolute Gasteiger partial charge is 0.310 e. The Labute approximate surface area is 273 Å². The molecule has 7 aromatic carbocycles. The third kappa shape index (κ3) is 4.69. The Bertz CT molecular complexity index is 2180. The second kappa shape index (κ2) is 10.9. The number of halogens is 1. The Morgan fingerprint density at radius 3 is 1.73 bits per heavy atom. The lowest BCUT2D eigenvalue weighted by molar-refractivity contribution is 0.660. The smallest absolute Gasteiger partial charge is 0.0465 e. The van der Waals surface area contributed by atoms with E-state index in [4.69, 9.17) is 0 Å². The molecule has 0 heterocycles. The summed E-state index contributed by atoms with van der Waals surface area (Å²) in [6, 6.07) is 57.3. The van der Waals surface area contributed by atoms with Gasteiger partial charge in [0.1, 0.15) is 0 Å². The molecule has 0 bridgehead atoms. The van der Waals surface area contributed by atoms with Crippen LogP contribution < -0.4 is 4.90 Å². The SMILES string of the molecule is CC1(C)c2ccccc2-c2ccc(N(c3ccc(-c4ccccc4)cc3)c3ccc(-c4cccc5c(Br)cccc45)cc3)cc21. The molecular weight excluding hydrogens is 610 g/mol. The summed E-state index contributed by atoms with van der Waals surface area (Å²) in [6.07, 6.45) is 0. The van der Waals surface area contributed by atoms with Crippen LogP contribution in [0.2, 0.25) is 0 Å². The molecule has 1 aliphatic carbocycles. The van der Waals surface area contributed by atoms with Gasteiger partial charge in [-0.25, -0.2) is 0 Å². The van der Waals surface area contributed by atoms with Gasteiger partial charge in [0.15, 0.2) is 0 Å². The van der Waals surface area contributed by atoms with Gasteiger partial charge in [-0.2, -0.15) is 0 Å². The summed E-state index contributed by atoms with van der Waals surface area (Å²) in [5.41, 5.74) is 13.6. The van der Waals surface area contributed by atoms with Gasteiger partial charge in [0, 0.05) is 26.9 Å². The molecule has 216 valence electrons. The van der Waals surface area contributed by atoms with E-state index in [9.17, 15) is 0 Å². The van der Waals surface area contributed by atoms with Crippen molar-refractivity contribution in [1.82, 2.24) is 0 Å².